The van der Waals surface area contributed by atoms with Gasteiger partial charge < -0.3 is 15.2 Å². The number of carbonyl (C=O) groups excluding carboxylic acids is 1. The maximum absolute atomic E-state index is 12.4. The van der Waals surface area contributed by atoms with Crippen LogP contribution in [0.5, 0.6) is 0 Å². The van der Waals surface area contributed by atoms with E-state index in [1.54, 1.807) is 6.20 Å². The average Bonchev–Trinajstić information content (AvgIpc) is 2.94. The third kappa shape index (κ3) is 2.81. The van der Waals surface area contributed by atoms with Crippen LogP contribution in [0.25, 0.3) is 0 Å². The second-order valence-corrected chi connectivity index (χ2v) is 7.27. The highest BCUT2D eigenvalue weighted by atomic mass is 16.5. The summed E-state index contributed by atoms with van der Waals surface area (Å²) >= 11 is 0. The van der Waals surface area contributed by atoms with E-state index in [0.717, 1.165) is 18.7 Å². The first-order valence-corrected chi connectivity index (χ1v) is 8.51. The molecule has 2 heterocycles. The molecule has 2 fully saturated rings. The molecule has 2 N–H and O–H groups in total. The third-order valence-corrected chi connectivity index (χ3v) is 5.47. The molecule has 1 aliphatic heterocycles. The zero-order valence-electron chi connectivity index (χ0n) is 14.4. The molecule has 0 bridgehead atoms. The largest absolute Gasteiger partial charge is 0.481 e. The number of aromatic nitrogens is 2. The van der Waals surface area contributed by atoms with Gasteiger partial charge in [0.15, 0.2) is 0 Å². The van der Waals surface area contributed by atoms with Crippen molar-refractivity contribution in [2.75, 3.05) is 13.2 Å². The summed E-state index contributed by atoms with van der Waals surface area (Å²) in [6.07, 6.45) is 2.56. The highest BCUT2D eigenvalue weighted by molar-refractivity contribution is 5.91. The molecule has 7 heteroatoms. The summed E-state index contributed by atoms with van der Waals surface area (Å²) in [5, 5.41) is 16.4. The maximum Gasteiger partial charge on any atom is 0.307 e. The lowest BCUT2D eigenvalue weighted by atomic mass is 9.98. The summed E-state index contributed by atoms with van der Waals surface area (Å²) in [4.78, 5) is 23.6. The number of aryl methyl sites for hydroxylation is 1. The lowest BCUT2D eigenvalue weighted by Gasteiger charge is -2.20. The van der Waals surface area contributed by atoms with Crippen LogP contribution in [0.4, 0.5) is 0 Å². The summed E-state index contributed by atoms with van der Waals surface area (Å²) in [5.74, 6) is -1.91. The number of carboxylic acid groups (broad SMARTS) is 1. The van der Waals surface area contributed by atoms with Crippen LogP contribution in [0.3, 0.4) is 0 Å². The van der Waals surface area contributed by atoms with Crippen LogP contribution in [0.1, 0.15) is 39.0 Å². The molecule has 132 valence electrons. The molecule has 7 nitrogen and oxygen atoms in total. The van der Waals surface area contributed by atoms with Crippen LogP contribution in [0.2, 0.25) is 0 Å². The quantitative estimate of drug-likeness (QED) is 0.821. The van der Waals surface area contributed by atoms with Crippen molar-refractivity contribution in [1.82, 2.24) is 15.1 Å². The van der Waals surface area contributed by atoms with Gasteiger partial charge in [-0.05, 0) is 24.8 Å². The van der Waals surface area contributed by atoms with Crippen molar-refractivity contribution < 1.29 is 19.4 Å². The van der Waals surface area contributed by atoms with E-state index in [4.69, 9.17) is 4.74 Å². The summed E-state index contributed by atoms with van der Waals surface area (Å²) in [6, 6.07) is 1.96. The van der Waals surface area contributed by atoms with Crippen molar-refractivity contribution in [2.45, 2.75) is 39.8 Å². The second kappa shape index (κ2) is 6.20. The number of hydrogen-bond acceptors (Lipinski definition) is 4. The van der Waals surface area contributed by atoms with Gasteiger partial charge in [-0.1, -0.05) is 13.8 Å². The number of nitrogens with zero attached hydrogens (tertiary/aromatic N) is 2. The fourth-order valence-corrected chi connectivity index (χ4v) is 3.95. The molecule has 1 saturated carbocycles. The Morgan fingerprint density at radius 3 is 2.83 bits per heavy atom. The molecule has 0 spiro atoms. The maximum atomic E-state index is 12.4. The first-order valence-electron chi connectivity index (χ1n) is 8.51. The minimum atomic E-state index is -0.894. The smallest absolute Gasteiger partial charge is 0.307 e. The van der Waals surface area contributed by atoms with Gasteiger partial charge in [0.2, 0.25) is 5.91 Å². The molecular formula is C17H25N3O4. The first-order chi connectivity index (χ1) is 11.4. The number of carboxylic acids is 1. The molecule has 3 rings (SSSR count). The van der Waals surface area contributed by atoms with Crippen LogP contribution in [0, 0.1) is 23.2 Å². The van der Waals surface area contributed by atoms with E-state index in [1.807, 2.05) is 31.5 Å². The van der Waals surface area contributed by atoms with Crippen molar-refractivity contribution in [3.63, 3.8) is 0 Å². The highest BCUT2D eigenvalue weighted by Gasteiger charge is 2.65. The van der Waals surface area contributed by atoms with E-state index in [0.29, 0.717) is 13.2 Å². The number of nitrogens with one attached hydrogen (secondary N) is 1. The molecule has 0 aromatic carbocycles. The minimum Gasteiger partial charge on any atom is -0.481 e. The molecule has 1 aromatic heterocycles. The van der Waals surface area contributed by atoms with Crippen molar-refractivity contribution in [1.29, 1.82) is 0 Å². The lowest BCUT2D eigenvalue weighted by Crippen LogP contribution is -2.33. The van der Waals surface area contributed by atoms with Crippen LogP contribution < -0.4 is 5.32 Å². The Labute approximate surface area is 141 Å². The molecule has 24 heavy (non-hydrogen) atoms. The third-order valence-electron chi connectivity index (χ3n) is 5.47. The van der Waals surface area contributed by atoms with Gasteiger partial charge in [-0.25, -0.2) is 0 Å². The summed E-state index contributed by atoms with van der Waals surface area (Å²) in [7, 11) is 0. The number of rotatable bonds is 6. The summed E-state index contributed by atoms with van der Waals surface area (Å²) in [5.41, 5.74) is 0.562. The van der Waals surface area contributed by atoms with Crippen LogP contribution in [-0.2, 0) is 20.9 Å². The zero-order valence-corrected chi connectivity index (χ0v) is 14.4. The average molecular weight is 335 g/mol. The van der Waals surface area contributed by atoms with Crippen molar-refractivity contribution >= 4 is 11.9 Å². The van der Waals surface area contributed by atoms with E-state index < -0.39 is 23.2 Å². The van der Waals surface area contributed by atoms with Gasteiger partial charge in [-0.15, -0.1) is 0 Å². The standard InChI is InChI=1S/C17H25N3O4/c1-4-20-11(5-7-19-20)14-10(6-8-24-14)9-18-15(21)12-13(16(22)23)17(12,2)3/h5,7,10,12-14H,4,6,8-9H2,1-3H3,(H,18,21)(H,22,23)/t10-,12-,13+,14+/m0/s1. The number of carbonyl (C=O) groups is 2. The van der Waals surface area contributed by atoms with Crippen LogP contribution in [0.15, 0.2) is 12.3 Å². The van der Waals surface area contributed by atoms with E-state index in [1.165, 1.54) is 0 Å². The van der Waals surface area contributed by atoms with Crippen molar-refractivity contribution in [2.24, 2.45) is 23.2 Å². The second-order valence-electron chi connectivity index (χ2n) is 7.27. The number of ether oxygens (including phenoxy) is 1. The molecule has 0 radical (unpaired) electrons. The number of amides is 1. The molecule has 1 aliphatic carbocycles. The Balaban J connectivity index is 1.60. The summed E-state index contributed by atoms with van der Waals surface area (Å²) < 4.78 is 7.77. The van der Waals surface area contributed by atoms with E-state index >= 15 is 0 Å². The van der Waals surface area contributed by atoms with Gasteiger partial charge >= 0.3 is 5.97 Å². The number of hydrogen-bond donors (Lipinski definition) is 2. The lowest BCUT2D eigenvalue weighted by molar-refractivity contribution is -0.140. The topological polar surface area (TPSA) is 93.5 Å². The van der Waals surface area contributed by atoms with Gasteiger partial charge in [0, 0.05) is 31.8 Å². The van der Waals surface area contributed by atoms with E-state index in [-0.39, 0.29) is 17.9 Å². The van der Waals surface area contributed by atoms with Gasteiger partial charge in [-0.2, -0.15) is 5.10 Å². The van der Waals surface area contributed by atoms with Crippen LogP contribution in [-0.4, -0.2) is 39.9 Å². The van der Waals surface area contributed by atoms with Gasteiger partial charge in [0.1, 0.15) is 6.10 Å². The Kier molecular flexibility index (Phi) is 4.38. The van der Waals surface area contributed by atoms with Crippen LogP contribution >= 0.6 is 0 Å². The van der Waals surface area contributed by atoms with Crippen molar-refractivity contribution in [3.8, 4) is 0 Å². The van der Waals surface area contributed by atoms with Gasteiger partial charge in [-0.3, -0.25) is 14.3 Å². The molecule has 1 saturated heterocycles. The fourth-order valence-electron chi connectivity index (χ4n) is 3.95. The molecule has 2 aliphatic rings. The molecule has 0 unspecified atom stereocenters. The SMILES string of the molecule is CCn1nccc1[C@@H]1OCC[C@H]1CNC(=O)[C@@H]1[C@H](C(=O)O)C1(C)C. The normalized spacial score (nSPS) is 31.0. The molecule has 4 atom stereocenters. The highest BCUT2D eigenvalue weighted by Crippen LogP contribution is 2.58. The van der Waals surface area contributed by atoms with Gasteiger partial charge in [0.05, 0.1) is 17.5 Å². The Hall–Kier alpha value is -1.89. The zero-order chi connectivity index (χ0) is 17.5. The summed E-state index contributed by atoms with van der Waals surface area (Å²) in [6.45, 7) is 7.63. The minimum absolute atomic E-state index is 0.0739. The van der Waals surface area contributed by atoms with E-state index in [9.17, 15) is 14.7 Å². The first kappa shape index (κ1) is 17.0. The molecule has 1 amide bonds. The Bertz CT molecular complexity index is 640. The van der Waals surface area contributed by atoms with Gasteiger partial charge in [0.25, 0.3) is 0 Å². The Morgan fingerprint density at radius 2 is 2.21 bits per heavy atom. The predicted octanol–water partition coefficient (Wildman–Crippen LogP) is 1.45. The monoisotopic (exact) mass is 335 g/mol. The fraction of sp³-hybridized carbons (Fsp3) is 0.706. The van der Waals surface area contributed by atoms with E-state index in [2.05, 4.69) is 10.4 Å². The Morgan fingerprint density at radius 1 is 1.46 bits per heavy atom. The predicted molar refractivity (Wildman–Crippen MR) is 86.1 cm³/mol. The van der Waals surface area contributed by atoms with Crippen molar-refractivity contribution in [3.05, 3.63) is 18.0 Å². The number of aliphatic carboxylic acids is 1. The molecule has 1 aromatic rings. The molecular weight excluding hydrogens is 310 g/mol.